The average Bonchev–Trinajstić information content (AvgIpc) is 3.16. The number of furan rings is 1. The van der Waals surface area contributed by atoms with Crippen LogP contribution in [0.25, 0.3) is 0 Å². The summed E-state index contributed by atoms with van der Waals surface area (Å²) < 4.78 is 10.7. The normalized spacial score (nSPS) is 10.5. The highest BCUT2D eigenvalue weighted by atomic mass is 32.2. The standard InChI is InChI=1S/C21H21NO3S/c1-24-19-10-6-5-7-16(19)11-13-22-21(23)20-17(12-14-25-20)15-26-18-8-3-2-4-9-18/h2-10,12,14H,11,13,15H2,1H3,(H,22,23). The van der Waals surface area contributed by atoms with Crippen LogP contribution in [0.1, 0.15) is 21.7 Å². The first-order valence-corrected chi connectivity index (χ1v) is 9.41. The maximum atomic E-state index is 12.4. The highest BCUT2D eigenvalue weighted by Crippen LogP contribution is 2.25. The molecule has 4 nitrogen and oxygen atoms in total. The third-order valence-electron chi connectivity index (χ3n) is 3.96. The number of nitrogens with one attached hydrogen (secondary N) is 1. The van der Waals surface area contributed by atoms with E-state index in [1.54, 1.807) is 25.1 Å². The van der Waals surface area contributed by atoms with Crippen molar-refractivity contribution < 1.29 is 13.9 Å². The second kappa shape index (κ2) is 9.15. The summed E-state index contributed by atoms with van der Waals surface area (Å²) in [6, 6.07) is 19.8. The Labute approximate surface area is 157 Å². The Balaban J connectivity index is 1.54. The topological polar surface area (TPSA) is 51.5 Å². The lowest BCUT2D eigenvalue weighted by Crippen LogP contribution is -2.26. The number of methoxy groups -OCH3 is 1. The van der Waals surface area contributed by atoms with E-state index in [9.17, 15) is 4.79 Å². The van der Waals surface area contributed by atoms with Crippen molar-refractivity contribution in [1.29, 1.82) is 0 Å². The van der Waals surface area contributed by atoms with Gasteiger partial charge in [-0.3, -0.25) is 4.79 Å². The molecule has 1 heterocycles. The van der Waals surface area contributed by atoms with Crippen molar-refractivity contribution in [2.24, 2.45) is 0 Å². The lowest BCUT2D eigenvalue weighted by atomic mass is 10.1. The van der Waals surface area contributed by atoms with Crippen molar-refractivity contribution in [3.8, 4) is 5.75 Å². The summed E-state index contributed by atoms with van der Waals surface area (Å²) in [4.78, 5) is 13.6. The Kier molecular flexibility index (Phi) is 6.39. The highest BCUT2D eigenvalue weighted by Gasteiger charge is 2.15. The number of hydrogen-bond donors (Lipinski definition) is 1. The minimum Gasteiger partial charge on any atom is -0.496 e. The molecule has 1 N–H and O–H groups in total. The minimum atomic E-state index is -0.187. The molecule has 5 heteroatoms. The molecule has 0 spiro atoms. The number of benzene rings is 2. The summed E-state index contributed by atoms with van der Waals surface area (Å²) in [6.07, 6.45) is 2.26. The van der Waals surface area contributed by atoms with Gasteiger partial charge in [0.1, 0.15) is 5.75 Å². The van der Waals surface area contributed by atoms with Crippen molar-refractivity contribution >= 4 is 17.7 Å². The molecule has 134 valence electrons. The first-order chi connectivity index (χ1) is 12.8. The SMILES string of the molecule is COc1ccccc1CCNC(=O)c1occc1CSc1ccccc1. The molecule has 1 aromatic heterocycles. The van der Waals surface area contributed by atoms with Crippen LogP contribution in [0, 0.1) is 0 Å². The number of thioether (sulfide) groups is 1. The molecule has 0 aliphatic rings. The number of carbonyl (C=O) groups excluding carboxylic acids is 1. The van der Waals surface area contributed by atoms with Gasteiger partial charge in [0, 0.05) is 22.8 Å². The zero-order valence-corrected chi connectivity index (χ0v) is 15.4. The van der Waals surface area contributed by atoms with Gasteiger partial charge >= 0.3 is 0 Å². The number of para-hydroxylation sites is 1. The molecule has 0 atom stereocenters. The predicted molar refractivity (Wildman–Crippen MR) is 104 cm³/mol. The van der Waals surface area contributed by atoms with Gasteiger partial charge in [-0.1, -0.05) is 36.4 Å². The molecule has 0 aliphatic heterocycles. The average molecular weight is 367 g/mol. The first kappa shape index (κ1) is 18.1. The van der Waals surface area contributed by atoms with E-state index in [1.807, 2.05) is 48.5 Å². The van der Waals surface area contributed by atoms with E-state index in [0.717, 1.165) is 21.8 Å². The fourth-order valence-corrected chi connectivity index (χ4v) is 3.53. The molecule has 0 radical (unpaired) electrons. The lowest BCUT2D eigenvalue weighted by Gasteiger charge is -2.09. The van der Waals surface area contributed by atoms with Crippen molar-refractivity contribution in [3.63, 3.8) is 0 Å². The fraction of sp³-hybridized carbons (Fsp3) is 0.190. The van der Waals surface area contributed by atoms with Gasteiger partial charge < -0.3 is 14.5 Å². The van der Waals surface area contributed by atoms with E-state index in [2.05, 4.69) is 17.4 Å². The van der Waals surface area contributed by atoms with Crippen LogP contribution < -0.4 is 10.1 Å². The molecular weight excluding hydrogens is 346 g/mol. The number of ether oxygens (including phenoxy) is 1. The largest absolute Gasteiger partial charge is 0.496 e. The fourth-order valence-electron chi connectivity index (χ4n) is 2.63. The molecule has 0 saturated carbocycles. The van der Waals surface area contributed by atoms with E-state index in [4.69, 9.17) is 9.15 Å². The van der Waals surface area contributed by atoms with Gasteiger partial charge in [0.05, 0.1) is 13.4 Å². The van der Waals surface area contributed by atoms with Crippen LogP contribution in [0.15, 0.2) is 76.2 Å². The zero-order chi connectivity index (χ0) is 18.2. The molecule has 2 aromatic carbocycles. The van der Waals surface area contributed by atoms with Crippen LogP contribution in [0.4, 0.5) is 0 Å². The van der Waals surface area contributed by atoms with Crippen LogP contribution in [-0.2, 0) is 12.2 Å². The number of hydrogen-bond acceptors (Lipinski definition) is 4. The third kappa shape index (κ3) is 4.70. The van der Waals surface area contributed by atoms with E-state index < -0.39 is 0 Å². The van der Waals surface area contributed by atoms with Crippen molar-refractivity contribution in [1.82, 2.24) is 5.32 Å². The van der Waals surface area contributed by atoms with Gasteiger partial charge in [-0.15, -0.1) is 11.8 Å². The second-order valence-electron chi connectivity index (χ2n) is 5.69. The van der Waals surface area contributed by atoms with Crippen LogP contribution in [0.3, 0.4) is 0 Å². The molecule has 0 bridgehead atoms. The monoisotopic (exact) mass is 367 g/mol. The highest BCUT2D eigenvalue weighted by molar-refractivity contribution is 7.98. The Hall–Kier alpha value is -2.66. The van der Waals surface area contributed by atoms with Crippen molar-refractivity contribution in [2.45, 2.75) is 17.1 Å². The summed E-state index contributed by atoms with van der Waals surface area (Å²) in [7, 11) is 1.65. The van der Waals surface area contributed by atoms with E-state index in [0.29, 0.717) is 24.5 Å². The molecule has 0 fully saturated rings. The number of amides is 1. The van der Waals surface area contributed by atoms with E-state index in [-0.39, 0.29) is 5.91 Å². The van der Waals surface area contributed by atoms with Crippen LogP contribution in [0.2, 0.25) is 0 Å². The van der Waals surface area contributed by atoms with Crippen LogP contribution in [0.5, 0.6) is 5.75 Å². The van der Waals surface area contributed by atoms with E-state index >= 15 is 0 Å². The molecule has 0 unspecified atom stereocenters. The zero-order valence-electron chi connectivity index (χ0n) is 14.6. The van der Waals surface area contributed by atoms with Gasteiger partial charge in [0.25, 0.3) is 5.91 Å². The van der Waals surface area contributed by atoms with Crippen LogP contribution >= 0.6 is 11.8 Å². The lowest BCUT2D eigenvalue weighted by molar-refractivity contribution is 0.0925. The first-order valence-electron chi connectivity index (χ1n) is 8.42. The quantitative estimate of drug-likeness (QED) is 0.593. The summed E-state index contributed by atoms with van der Waals surface area (Å²) in [6.45, 7) is 0.519. The van der Waals surface area contributed by atoms with Gasteiger partial charge in [-0.2, -0.15) is 0 Å². The molecular formula is C21H21NO3S. The van der Waals surface area contributed by atoms with Crippen molar-refractivity contribution in [3.05, 3.63) is 83.8 Å². The maximum absolute atomic E-state index is 12.4. The summed E-state index contributed by atoms with van der Waals surface area (Å²) in [5.41, 5.74) is 1.96. The molecule has 0 saturated heterocycles. The summed E-state index contributed by atoms with van der Waals surface area (Å²) in [5, 5.41) is 2.93. The number of carbonyl (C=O) groups is 1. The molecule has 1 amide bonds. The Morgan fingerprint density at radius 2 is 1.81 bits per heavy atom. The van der Waals surface area contributed by atoms with E-state index in [1.165, 1.54) is 0 Å². The van der Waals surface area contributed by atoms with Crippen LogP contribution in [-0.4, -0.2) is 19.6 Å². The Bertz CT molecular complexity index is 845. The Morgan fingerprint density at radius 3 is 2.62 bits per heavy atom. The van der Waals surface area contributed by atoms with Gasteiger partial charge in [0.15, 0.2) is 5.76 Å². The molecule has 0 aliphatic carbocycles. The minimum absolute atomic E-state index is 0.187. The smallest absolute Gasteiger partial charge is 0.287 e. The maximum Gasteiger partial charge on any atom is 0.287 e. The summed E-state index contributed by atoms with van der Waals surface area (Å²) in [5.74, 6) is 1.72. The predicted octanol–water partition coefficient (Wildman–Crippen LogP) is 4.55. The van der Waals surface area contributed by atoms with Gasteiger partial charge in [-0.05, 0) is 36.2 Å². The molecule has 3 aromatic rings. The summed E-state index contributed by atoms with van der Waals surface area (Å²) >= 11 is 1.68. The molecule has 3 rings (SSSR count). The van der Waals surface area contributed by atoms with Crippen molar-refractivity contribution in [2.75, 3.05) is 13.7 Å². The van der Waals surface area contributed by atoms with Gasteiger partial charge in [-0.25, -0.2) is 0 Å². The number of rotatable bonds is 8. The molecule has 26 heavy (non-hydrogen) atoms. The second-order valence-corrected chi connectivity index (χ2v) is 6.74. The third-order valence-corrected chi connectivity index (χ3v) is 5.02. The Morgan fingerprint density at radius 1 is 1.04 bits per heavy atom. The van der Waals surface area contributed by atoms with Gasteiger partial charge in [0.2, 0.25) is 0 Å².